The number of rotatable bonds is 8. The molecular weight excluding hydrogens is 526 g/mol. The third kappa shape index (κ3) is 7.64. The normalized spacial score (nSPS) is 25.4. The van der Waals surface area contributed by atoms with Crippen LogP contribution in [0.25, 0.3) is 0 Å². The summed E-state index contributed by atoms with van der Waals surface area (Å²) < 4.78 is 23.9. The highest BCUT2D eigenvalue weighted by molar-refractivity contribution is 5.87. The third-order valence-corrected chi connectivity index (χ3v) is 8.28. The van der Waals surface area contributed by atoms with Crippen molar-refractivity contribution in [3.63, 3.8) is 0 Å². The van der Waals surface area contributed by atoms with E-state index in [9.17, 15) is 14.4 Å². The van der Waals surface area contributed by atoms with E-state index in [1.165, 1.54) is 6.92 Å². The van der Waals surface area contributed by atoms with Crippen molar-refractivity contribution in [2.75, 3.05) is 26.7 Å². The molecule has 0 radical (unpaired) electrons. The minimum atomic E-state index is -0.598. The molecule has 0 spiro atoms. The molecule has 2 saturated heterocycles. The lowest BCUT2D eigenvalue weighted by Gasteiger charge is -2.53. The highest BCUT2D eigenvalue weighted by atomic mass is 16.6. The number of carbonyl (C=O) groups is 3. The molecule has 5 atom stereocenters. The Morgan fingerprint density at radius 1 is 1.20 bits per heavy atom. The van der Waals surface area contributed by atoms with Gasteiger partial charge in [0.1, 0.15) is 28.7 Å². The van der Waals surface area contributed by atoms with Gasteiger partial charge in [-0.15, -0.1) is 0 Å². The maximum atomic E-state index is 13.6. The van der Waals surface area contributed by atoms with E-state index in [-0.39, 0.29) is 35.9 Å². The Balaban J connectivity index is 1.35. The van der Waals surface area contributed by atoms with Crippen LogP contribution in [0.3, 0.4) is 0 Å². The molecule has 0 unspecified atom stereocenters. The van der Waals surface area contributed by atoms with Crippen LogP contribution in [0.1, 0.15) is 85.3 Å². The average Bonchev–Trinajstić information content (AvgIpc) is 2.89. The maximum absolute atomic E-state index is 13.6. The molecule has 2 fully saturated rings. The zero-order chi connectivity index (χ0) is 29.9. The zero-order valence-corrected chi connectivity index (χ0v) is 25.6. The Labute approximate surface area is 243 Å². The minimum Gasteiger partial charge on any atom is -0.497 e. The van der Waals surface area contributed by atoms with Gasteiger partial charge in [-0.05, 0) is 78.9 Å². The van der Waals surface area contributed by atoms with Crippen LogP contribution in [-0.2, 0) is 19.1 Å². The third-order valence-electron chi connectivity index (χ3n) is 8.28. The number of ether oxygens (including phenoxy) is 4. The highest BCUT2D eigenvalue weighted by Crippen LogP contribution is 2.53. The number of hydrogen-bond acceptors (Lipinski definition) is 7. The predicted octanol–water partition coefficient (Wildman–Crippen LogP) is 4.36. The second kappa shape index (κ2) is 12.5. The van der Waals surface area contributed by atoms with Crippen LogP contribution >= 0.6 is 0 Å². The van der Waals surface area contributed by atoms with Crippen molar-refractivity contribution in [1.29, 1.82) is 0 Å². The van der Waals surface area contributed by atoms with Gasteiger partial charge >= 0.3 is 6.09 Å². The number of benzene rings is 1. The summed E-state index contributed by atoms with van der Waals surface area (Å²) in [7, 11) is 1.65. The second-order valence-electron chi connectivity index (χ2n) is 13.1. The monoisotopic (exact) mass is 573 g/mol. The van der Waals surface area contributed by atoms with E-state index < -0.39 is 23.3 Å². The summed E-state index contributed by atoms with van der Waals surface area (Å²) in [5.74, 6) is 1.60. The molecular formula is C31H47N3O7. The van der Waals surface area contributed by atoms with Crippen molar-refractivity contribution in [3.05, 3.63) is 23.8 Å². The molecule has 41 heavy (non-hydrogen) atoms. The fourth-order valence-corrected chi connectivity index (χ4v) is 6.31. The number of amides is 3. The van der Waals surface area contributed by atoms with E-state index in [0.29, 0.717) is 38.9 Å². The summed E-state index contributed by atoms with van der Waals surface area (Å²) in [4.78, 5) is 39.3. The molecule has 0 bridgehead atoms. The van der Waals surface area contributed by atoms with Crippen LogP contribution in [-0.4, -0.2) is 72.9 Å². The van der Waals surface area contributed by atoms with Gasteiger partial charge in [-0.1, -0.05) is 0 Å². The standard InChI is InChI=1S/C31H47N3O7/c1-19(35)33-24(10-8-9-14-32-29(37)41-30(2,3)4)28(36)34-15-13-25-20(18-34)16-23-27(39-25)22-12-11-21(38-7)17-26(22)40-31(23,5)6/h11-12,17,20,23-25,27H,8-10,13-16,18H2,1-7H3,(H,32,37)(H,33,35)/t20-,23+,24-,25+,27-/m0/s1. The van der Waals surface area contributed by atoms with Crippen LogP contribution in [0.5, 0.6) is 11.5 Å². The lowest BCUT2D eigenvalue weighted by molar-refractivity contribution is -0.189. The zero-order valence-electron chi connectivity index (χ0n) is 25.6. The number of carbonyl (C=O) groups excluding carboxylic acids is 3. The van der Waals surface area contributed by atoms with Crippen molar-refractivity contribution < 1.29 is 33.3 Å². The Morgan fingerprint density at radius 3 is 2.63 bits per heavy atom. The SMILES string of the molecule is COc1ccc2c(c1)OC(C)(C)[C@@H]1C[C@H]3CN(C(=O)[C@H](CCCCNC(=O)OC(C)(C)C)NC(C)=O)CC[C@H]3O[C@@H]21. The van der Waals surface area contributed by atoms with Crippen molar-refractivity contribution in [2.24, 2.45) is 11.8 Å². The van der Waals surface area contributed by atoms with E-state index in [1.807, 2.05) is 43.9 Å². The van der Waals surface area contributed by atoms with E-state index in [1.54, 1.807) is 7.11 Å². The molecule has 1 aromatic rings. The first-order chi connectivity index (χ1) is 19.3. The number of hydrogen-bond donors (Lipinski definition) is 2. The first-order valence-electron chi connectivity index (χ1n) is 14.8. The first-order valence-corrected chi connectivity index (χ1v) is 14.8. The van der Waals surface area contributed by atoms with Crippen molar-refractivity contribution in [1.82, 2.24) is 15.5 Å². The summed E-state index contributed by atoms with van der Waals surface area (Å²) in [6, 6.07) is 5.32. The molecule has 3 aliphatic heterocycles. The minimum absolute atomic E-state index is 0.0577. The number of fused-ring (bicyclic) bond motifs is 4. The lowest BCUT2D eigenvalue weighted by atomic mass is 9.70. The number of unbranched alkanes of at least 4 members (excludes halogenated alkanes) is 1. The average molecular weight is 574 g/mol. The quantitative estimate of drug-likeness (QED) is 0.444. The van der Waals surface area contributed by atoms with Crippen LogP contribution in [0.4, 0.5) is 4.79 Å². The van der Waals surface area contributed by atoms with Gasteiger partial charge in [-0.25, -0.2) is 4.79 Å². The largest absolute Gasteiger partial charge is 0.497 e. The molecule has 3 amide bonds. The van der Waals surface area contributed by atoms with Gasteiger partial charge in [0.05, 0.1) is 19.3 Å². The summed E-state index contributed by atoms with van der Waals surface area (Å²) in [5, 5.41) is 5.60. The van der Waals surface area contributed by atoms with E-state index in [4.69, 9.17) is 18.9 Å². The van der Waals surface area contributed by atoms with Crippen LogP contribution in [0, 0.1) is 11.8 Å². The van der Waals surface area contributed by atoms with Gasteiger partial charge in [-0.3, -0.25) is 9.59 Å². The Morgan fingerprint density at radius 2 is 1.95 bits per heavy atom. The van der Waals surface area contributed by atoms with E-state index >= 15 is 0 Å². The van der Waals surface area contributed by atoms with Gasteiger partial charge < -0.3 is 34.5 Å². The smallest absolute Gasteiger partial charge is 0.407 e. The number of nitrogens with zero attached hydrogens (tertiary/aromatic N) is 1. The number of likely N-dealkylation sites (tertiary alicyclic amines) is 1. The van der Waals surface area contributed by atoms with Crippen LogP contribution < -0.4 is 20.1 Å². The number of nitrogens with one attached hydrogen (secondary N) is 2. The van der Waals surface area contributed by atoms with Crippen LogP contribution in [0.2, 0.25) is 0 Å². The molecule has 10 nitrogen and oxygen atoms in total. The molecule has 228 valence electrons. The molecule has 1 aromatic carbocycles. The second-order valence-corrected chi connectivity index (χ2v) is 13.1. The molecule has 4 rings (SSSR count). The number of methoxy groups -OCH3 is 1. The fourth-order valence-electron chi connectivity index (χ4n) is 6.31. The Kier molecular flexibility index (Phi) is 9.41. The molecule has 3 aliphatic rings. The topological polar surface area (TPSA) is 115 Å². The molecule has 2 N–H and O–H groups in total. The molecule has 0 aromatic heterocycles. The number of alkyl carbamates (subject to hydrolysis) is 1. The van der Waals surface area contributed by atoms with Gasteiger partial charge in [0, 0.05) is 50.0 Å². The first kappa shape index (κ1) is 30.9. The summed E-state index contributed by atoms with van der Waals surface area (Å²) in [5.41, 5.74) is 0.0650. The van der Waals surface area contributed by atoms with E-state index in [0.717, 1.165) is 29.9 Å². The summed E-state index contributed by atoms with van der Waals surface area (Å²) in [6.07, 6.45) is 3.02. The van der Waals surface area contributed by atoms with Gasteiger partial charge in [0.2, 0.25) is 11.8 Å². The summed E-state index contributed by atoms with van der Waals surface area (Å²) in [6.45, 7) is 12.7. The number of piperidine rings is 1. The fraction of sp³-hybridized carbons (Fsp3) is 0.710. The Bertz CT molecular complexity index is 1120. The van der Waals surface area contributed by atoms with Gasteiger partial charge in [-0.2, -0.15) is 0 Å². The van der Waals surface area contributed by atoms with Crippen molar-refractivity contribution >= 4 is 17.9 Å². The predicted molar refractivity (Wildman–Crippen MR) is 154 cm³/mol. The molecule has 0 aliphatic carbocycles. The highest BCUT2D eigenvalue weighted by Gasteiger charge is 2.51. The van der Waals surface area contributed by atoms with Crippen molar-refractivity contribution in [3.8, 4) is 11.5 Å². The summed E-state index contributed by atoms with van der Waals surface area (Å²) >= 11 is 0. The lowest BCUT2D eigenvalue weighted by Crippen LogP contribution is -2.58. The molecule has 10 heteroatoms. The molecule has 3 heterocycles. The van der Waals surface area contributed by atoms with Gasteiger partial charge in [0.15, 0.2) is 0 Å². The molecule has 0 saturated carbocycles. The Hall–Kier alpha value is -3.01. The maximum Gasteiger partial charge on any atom is 0.407 e. The van der Waals surface area contributed by atoms with E-state index in [2.05, 4.69) is 24.5 Å². The van der Waals surface area contributed by atoms with Crippen molar-refractivity contribution in [2.45, 2.75) is 103 Å². The van der Waals surface area contributed by atoms with Gasteiger partial charge in [0.25, 0.3) is 0 Å². The van der Waals surface area contributed by atoms with Crippen LogP contribution in [0.15, 0.2) is 18.2 Å².